The van der Waals surface area contributed by atoms with Crippen LogP contribution in [0.1, 0.15) is 32.3 Å². The van der Waals surface area contributed by atoms with E-state index in [2.05, 4.69) is 36.0 Å². The predicted octanol–water partition coefficient (Wildman–Crippen LogP) is 3.96. The summed E-state index contributed by atoms with van der Waals surface area (Å²) in [4.78, 5) is 0. The monoisotopic (exact) mass is 303 g/mol. The number of hydrogen-bond donors (Lipinski definition) is 1. The second kappa shape index (κ2) is 8.39. The molecule has 1 N–H and O–H groups in total. The van der Waals surface area contributed by atoms with Crippen molar-refractivity contribution in [3.8, 4) is 0 Å². The van der Waals surface area contributed by atoms with Gasteiger partial charge in [0, 0.05) is 12.1 Å². The molecule has 1 aromatic rings. The van der Waals surface area contributed by atoms with Gasteiger partial charge in [0.2, 0.25) is 0 Å². The molecule has 0 radical (unpaired) electrons. The van der Waals surface area contributed by atoms with E-state index >= 15 is 0 Å². The van der Waals surface area contributed by atoms with Crippen LogP contribution in [-0.4, -0.2) is 31.5 Å². The topological polar surface area (TPSA) is 21.3 Å². The Morgan fingerprint density at radius 1 is 1.10 bits per heavy atom. The maximum absolute atomic E-state index is 11.9. The number of rotatable bonds is 9. The van der Waals surface area contributed by atoms with E-state index in [1.54, 1.807) is 0 Å². The highest BCUT2D eigenvalue weighted by Gasteiger charge is 2.27. The number of hydrogen-bond acceptors (Lipinski definition) is 2. The SMILES string of the molecule is CC(C)(CCc1ccccc1)NCCCOCC(F)(F)F. The Morgan fingerprint density at radius 2 is 1.76 bits per heavy atom. The van der Waals surface area contributed by atoms with Gasteiger partial charge in [0.25, 0.3) is 0 Å². The molecule has 1 aromatic carbocycles. The van der Waals surface area contributed by atoms with Crippen LogP contribution in [0.5, 0.6) is 0 Å². The third kappa shape index (κ3) is 9.47. The Hall–Kier alpha value is -1.07. The molecular weight excluding hydrogens is 279 g/mol. The van der Waals surface area contributed by atoms with E-state index in [9.17, 15) is 13.2 Å². The Labute approximate surface area is 124 Å². The predicted molar refractivity (Wildman–Crippen MR) is 78.3 cm³/mol. The summed E-state index contributed by atoms with van der Waals surface area (Å²) in [5, 5.41) is 3.37. The van der Waals surface area contributed by atoms with Crippen LogP contribution in [0.2, 0.25) is 0 Å². The van der Waals surface area contributed by atoms with E-state index in [0.29, 0.717) is 13.0 Å². The van der Waals surface area contributed by atoms with Crippen molar-refractivity contribution in [2.45, 2.75) is 44.8 Å². The van der Waals surface area contributed by atoms with Gasteiger partial charge in [-0.3, -0.25) is 0 Å². The molecule has 21 heavy (non-hydrogen) atoms. The summed E-state index contributed by atoms with van der Waals surface area (Å²) in [5.41, 5.74) is 1.25. The molecule has 0 bridgehead atoms. The molecule has 0 aliphatic heterocycles. The molecule has 2 nitrogen and oxygen atoms in total. The highest BCUT2D eigenvalue weighted by Crippen LogP contribution is 2.15. The van der Waals surface area contributed by atoms with Crippen molar-refractivity contribution >= 4 is 0 Å². The minimum Gasteiger partial charge on any atom is -0.372 e. The van der Waals surface area contributed by atoms with Crippen LogP contribution in [0, 0.1) is 0 Å². The molecule has 0 aromatic heterocycles. The second-order valence-corrected chi connectivity index (χ2v) is 5.82. The van der Waals surface area contributed by atoms with Crippen LogP contribution >= 0.6 is 0 Å². The third-order valence-electron chi connectivity index (χ3n) is 3.22. The van der Waals surface area contributed by atoms with Crippen molar-refractivity contribution in [3.05, 3.63) is 35.9 Å². The van der Waals surface area contributed by atoms with Gasteiger partial charge in [-0.05, 0) is 45.2 Å². The molecular formula is C16H24F3NO. The maximum Gasteiger partial charge on any atom is 0.411 e. The van der Waals surface area contributed by atoms with E-state index in [1.807, 2.05) is 18.2 Å². The lowest BCUT2D eigenvalue weighted by molar-refractivity contribution is -0.174. The number of aryl methyl sites for hydroxylation is 1. The molecule has 0 aliphatic carbocycles. The van der Waals surface area contributed by atoms with Gasteiger partial charge < -0.3 is 10.1 Å². The molecule has 0 fully saturated rings. The van der Waals surface area contributed by atoms with Crippen LogP contribution in [0.15, 0.2) is 30.3 Å². The lowest BCUT2D eigenvalue weighted by Gasteiger charge is -2.26. The van der Waals surface area contributed by atoms with Gasteiger partial charge in [-0.2, -0.15) is 13.2 Å². The van der Waals surface area contributed by atoms with E-state index in [1.165, 1.54) is 5.56 Å². The van der Waals surface area contributed by atoms with Crippen molar-refractivity contribution < 1.29 is 17.9 Å². The summed E-state index contributed by atoms with van der Waals surface area (Å²) < 4.78 is 40.2. The van der Waals surface area contributed by atoms with Crippen LogP contribution in [0.4, 0.5) is 13.2 Å². The molecule has 0 atom stereocenters. The van der Waals surface area contributed by atoms with Gasteiger partial charge in [0.05, 0.1) is 0 Å². The average Bonchev–Trinajstić information content (AvgIpc) is 2.41. The smallest absolute Gasteiger partial charge is 0.372 e. The highest BCUT2D eigenvalue weighted by atomic mass is 19.4. The molecule has 0 saturated carbocycles. The molecule has 0 aliphatic rings. The molecule has 120 valence electrons. The zero-order chi connectivity index (χ0) is 15.8. The zero-order valence-electron chi connectivity index (χ0n) is 12.7. The molecule has 0 heterocycles. The van der Waals surface area contributed by atoms with Crippen molar-refractivity contribution in [2.75, 3.05) is 19.8 Å². The van der Waals surface area contributed by atoms with Gasteiger partial charge in [0.15, 0.2) is 0 Å². The van der Waals surface area contributed by atoms with Crippen molar-refractivity contribution in [1.29, 1.82) is 0 Å². The summed E-state index contributed by atoms with van der Waals surface area (Å²) >= 11 is 0. The molecule has 1 rings (SSSR count). The fraction of sp³-hybridized carbons (Fsp3) is 0.625. The third-order valence-corrected chi connectivity index (χ3v) is 3.22. The van der Waals surface area contributed by atoms with E-state index in [4.69, 9.17) is 0 Å². The molecule has 0 spiro atoms. The van der Waals surface area contributed by atoms with Gasteiger partial charge >= 0.3 is 6.18 Å². The minimum absolute atomic E-state index is 0.0418. The summed E-state index contributed by atoms with van der Waals surface area (Å²) in [6.45, 7) is 3.82. The lowest BCUT2D eigenvalue weighted by Crippen LogP contribution is -2.40. The Kier molecular flexibility index (Phi) is 7.18. The van der Waals surface area contributed by atoms with E-state index in [-0.39, 0.29) is 12.1 Å². The first-order chi connectivity index (χ1) is 9.79. The Balaban J connectivity index is 2.12. The van der Waals surface area contributed by atoms with Crippen molar-refractivity contribution in [3.63, 3.8) is 0 Å². The highest BCUT2D eigenvalue weighted by molar-refractivity contribution is 5.15. The first-order valence-electron chi connectivity index (χ1n) is 7.22. The van der Waals surface area contributed by atoms with Crippen LogP contribution in [0.25, 0.3) is 0 Å². The molecule has 5 heteroatoms. The average molecular weight is 303 g/mol. The maximum atomic E-state index is 11.9. The number of nitrogens with one attached hydrogen (secondary N) is 1. The number of benzene rings is 1. The fourth-order valence-corrected chi connectivity index (χ4v) is 1.98. The summed E-state index contributed by atoms with van der Waals surface area (Å²) in [7, 11) is 0. The van der Waals surface area contributed by atoms with Crippen molar-refractivity contribution in [2.24, 2.45) is 0 Å². The molecule has 0 saturated heterocycles. The summed E-state index contributed by atoms with van der Waals surface area (Å²) in [5.74, 6) is 0. The minimum atomic E-state index is -4.23. The lowest BCUT2D eigenvalue weighted by atomic mass is 9.95. The molecule has 0 amide bonds. The summed E-state index contributed by atoms with van der Waals surface area (Å²) in [6.07, 6.45) is -1.71. The largest absolute Gasteiger partial charge is 0.411 e. The van der Waals surface area contributed by atoms with Gasteiger partial charge in [-0.15, -0.1) is 0 Å². The first-order valence-corrected chi connectivity index (χ1v) is 7.22. The zero-order valence-corrected chi connectivity index (χ0v) is 12.7. The number of halogens is 3. The first kappa shape index (κ1) is 18.0. The number of alkyl halides is 3. The van der Waals surface area contributed by atoms with Gasteiger partial charge in [-0.25, -0.2) is 0 Å². The second-order valence-electron chi connectivity index (χ2n) is 5.82. The van der Waals surface area contributed by atoms with Crippen molar-refractivity contribution in [1.82, 2.24) is 5.32 Å². The standard InChI is InChI=1S/C16H24F3NO/c1-15(2,10-9-14-7-4-3-5-8-14)20-11-6-12-21-13-16(17,18)19/h3-5,7-8,20H,6,9-13H2,1-2H3. The van der Waals surface area contributed by atoms with E-state index < -0.39 is 12.8 Å². The summed E-state index contributed by atoms with van der Waals surface area (Å²) in [6, 6.07) is 10.2. The van der Waals surface area contributed by atoms with Crippen LogP contribution < -0.4 is 5.32 Å². The van der Waals surface area contributed by atoms with E-state index in [0.717, 1.165) is 12.8 Å². The fourth-order valence-electron chi connectivity index (χ4n) is 1.98. The van der Waals surface area contributed by atoms with Gasteiger partial charge in [-0.1, -0.05) is 30.3 Å². The normalized spacial score (nSPS) is 12.6. The van der Waals surface area contributed by atoms with Crippen LogP contribution in [0.3, 0.4) is 0 Å². The Morgan fingerprint density at radius 3 is 2.38 bits per heavy atom. The number of ether oxygens (including phenoxy) is 1. The quantitative estimate of drug-likeness (QED) is 0.697. The Bertz CT molecular complexity index is 390. The van der Waals surface area contributed by atoms with Crippen LogP contribution in [-0.2, 0) is 11.2 Å². The molecule has 0 unspecified atom stereocenters. The van der Waals surface area contributed by atoms with Gasteiger partial charge in [0.1, 0.15) is 6.61 Å².